The van der Waals surface area contributed by atoms with Gasteiger partial charge >= 0.3 is 0 Å². The molecule has 6 heteroatoms. The van der Waals surface area contributed by atoms with Crippen molar-refractivity contribution in [3.05, 3.63) is 23.0 Å². The first-order valence-corrected chi connectivity index (χ1v) is 7.37. The van der Waals surface area contributed by atoms with Gasteiger partial charge in [0.2, 0.25) is 0 Å². The fourth-order valence-electron chi connectivity index (χ4n) is 2.57. The Balaban J connectivity index is 1.96. The highest BCUT2D eigenvalue weighted by Gasteiger charge is 2.27. The number of hydrogen-bond acceptors (Lipinski definition) is 4. The lowest BCUT2D eigenvalue weighted by molar-refractivity contribution is 0.0608. The van der Waals surface area contributed by atoms with Crippen LogP contribution in [0.3, 0.4) is 0 Å². The van der Waals surface area contributed by atoms with Crippen LogP contribution in [0.4, 0.5) is 0 Å². The Labute approximate surface area is 124 Å². The molecule has 0 aromatic carbocycles. The molecule has 1 aromatic heterocycles. The van der Waals surface area contributed by atoms with Gasteiger partial charge in [0.15, 0.2) is 10.8 Å². The van der Waals surface area contributed by atoms with Gasteiger partial charge in [-0.1, -0.05) is 11.6 Å². The highest BCUT2D eigenvalue weighted by Crippen LogP contribution is 2.18. The largest absolute Gasteiger partial charge is 0.337 e. The molecule has 2 rings (SSSR count). The molecular weight excluding hydrogens is 276 g/mol. The molecule has 0 radical (unpaired) electrons. The van der Waals surface area contributed by atoms with Gasteiger partial charge in [0.05, 0.1) is 0 Å². The normalized spacial score (nSPS) is 17.4. The Morgan fingerprint density at radius 3 is 2.50 bits per heavy atom. The molecule has 1 aliphatic rings. The first-order chi connectivity index (χ1) is 9.49. The number of carbonyl (C=O) groups excluding carboxylic acids is 1. The minimum Gasteiger partial charge on any atom is -0.337 e. The van der Waals surface area contributed by atoms with E-state index in [9.17, 15) is 4.79 Å². The van der Waals surface area contributed by atoms with Crippen molar-refractivity contribution < 1.29 is 4.79 Å². The summed E-state index contributed by atoms with van der Waals surface area (Å²) in [5.41, 5.74) is 0.350. The fourth-order valence-corrected chi connectivity index (χ4v) is 2.67. The number of aromatic nitrogens is 2. The summed E-state index contributed by atoms with van der Waals surface area (Å²) in [5, 5.41) is 7.88. The molecule has 0 bridgehead atoms. The first kappa shape index (κ1) is 15.2. The molecule has 1 aromatic rings. The smallest absolute Gasteiger partial charge is 0.274 e. The summed E-state index contributed by atoms with van der Waals surface area (Å²) in [4.78, 5) is 16.6. The third-order valence-electron chi connectivity index (χ3n) is 3.95. The van der Waals surface area contributed by atoms with Crippen molar-refractivity contribution in [2.45, 2.75) is 38.8 Å². The third kappa shape index (κ3) is 3.46. The maximum absolute atomic E-state index is 12.3. The molecule has 110 valence electrons. The van der Waals surface area contributed by atoms with Crippen molar-refractivity contribution in [2.24, 2.45) is 0 Å². The van der Waals surface area contributed by atoms with E-state index in [2.05, 4.69) is 28.9 Å². The molecule has 1 amide bonds. The lowest BCUT2D eigenvalue weighted by atomic mass is 10.0. The van der Waals surface area contributed by atoms with Crippen molar-refractivity contribution in [2.75, 3.05) is 20.1 Å². The Morgan fingerprint density at radius 1 is 1.35 bits per heavy atom. The topological polar surface area (TPSA) is 49.3 Å². The van der Waals surface area contributed by atoms with Gasteiger partial charge in [-0.05, 0) is 38.8 Å². The molecule has 1 fully saturated rings. The molecule has 1 saturated heterocycles. The van der Waals surface area contributed by atoms with Gasteiger partial charge in [-0.3, -0.25) is 4.79 Å². The molecular formula is C14H21ClN4O. The van der Waals surface area contributed by atoms with Gasteiger partial charge in [0.25, 0.3) is 5.91 Å². The summed E-state index contributed by atoms with van der Waals surface area (Å²) in [7, 11) is 1.84. The number of carbonyl (C=O) groups is 1. The minimum atomic E-state index is -0.0860. The number of halogens is 1. The molecule has 0 saturated carbocycles. The molecule has 20 heavy (non-hydrogen) atoms. The highest BCUT2D eigenvalue weighted by atomic mass is 35.5. The number of piperidine rings is 1. The number of likely N-dealkylation sites (tertiary alicyclic amines) is 1. The maximum atomic E-state index is 12.3. The lowest BCUT2D eigenvalue weighted by Crippen LogP contribution is -2.47. The molecule has 5 nitrogen and oxygen atoms in total. The van der Waals surface area contributed by atoms with Crippen molar-refractivity contribution in [3.63, 3.8) is 0 Å². The molecule has 1 aliphatic heterocycles. The first-order valence-electron chi connectivity index (χ1n) is 6.99. The number of amides is 1. The van der Waals surface area contributed by atoms with E-state index in [4.69, 9.17) is 11.6 Å². The Bertz CT molecular complexity index is 455. The van der Waals surface area contributed by atoms with Crippen molar-refractivity contribution in [3.8, 4) is 0 Å². The number of hydrogen-bond donors (Lipinski definition) is 0. The van der Waals surface area contributed by atoms with E-state index in [1.165, 1.54) is 0 Å². The Kier molecular flexibility index (Phi) is 4.94. The summed E-state index contributed by atoms with van der Waals surface area (Å²) >= 11 is 5.69. The predicted octanol–water partition coefficient (Wildman–Crippen LogP) is 2.07. The van der Waals surface area contributed by atoms with E-state index < -0.39 is 0 Å². The standard InChI is InChI=1S/C14H21ClN4O/c1-10(2)19-8-6-11(7-9-19)18(3)14(20)12-4-5-13(15)17-16-12/h4-5,10-11H,6-9H2,1-3H3. The van der Waals surface area contributed by atoms with Gasteiger partial charge in [-0.2, -0.15) is 0 Å². The van der Waals surface area contributed by atoms with Crippen LogP contribution in [0.15, 0.2) is 12.1 Å². The summed E-state index contributed by atoms with van der Waals surface area (Å²) in [6.45, 7) is 6.48. The molecule has 0 aliphatic carbocycles. The zero-order valence-electron chi connectivity index (χ0n) is 12.2. The second-order valence-corrected chi connectivity index (χ2v) is 5.91. The minimum absolute atomic E-state index is 0.0860. The van der Waals surface area contributed by atoms with Crippen molar-refractivity contribution >= 4 is 17.5 Å². The predicted molar refractivity (Wildman–Crippen MR) is 78.9 cm³/mol. The van der Waals surface area contributed by atoms with E-state index in [0.717, 1.165) is 25.9 Å². The molecule has 0 unspecified atom stereocenters. The Morgan fingerprint density at radius 2 is 2.00 bits per heavy atom. The van der Waals surface area contributed by atoms with Crippen LogP contribution in [-0.2, 0) is 0 Å². The average molecular weight is 297 g/mol. The van der Waals surface area contributed by atoms with Crippen LogP contribution < -0.4 is 0 Å². The lowest BCUT2D eigenvalue weighted by Gasteiger charge is -2.38. The van der Waals surface area contributed by atoms with Gasteiger partial charge in [-0.15, -0.1) is 10.2 Å². The van der Waals surface area contributed by atoms with Crippen LogP contribution in [-0.4, -0.2) is 58.1 Å². The van der Waals surface area contributed by atoms with E-state index in [0.29, 0.717) is 16.9 Å². The van der Waals surface area contributed by atoms with Crippen LogP contribution >= 0.6 is 11.6 Å². The third-order valence-corrected chi connectivity index (χ3v) is 4.15. The zero-order chi connectivity index (χ0) is 14.7. The van der Waals surface area contributed by atoms with Gasteiger partial charge in [0, 0.05) is 32.2 Å². The van der Waals surface area contributed by atoms with Crippen LogP contribution in [0.1, 0.15) is 37.2 Å². The molecule has 0 atom stereocenters. The van der Waals surface area contributed by atoms with E-state index >= 15 is 0 Å². The van der Waals surface area contributed by atoms with Crippen molar-refractivity contribution in [1.29, 1.82) is 0 Å². The summed E-state index contributed by atoms with van der Waals surface area (Å²) in [6, 6.07) is 4.06. The summed E-state index contributed by atoms with van der Waals surface area (Å²) in [5.74, 6) is -0.0860. The molecule has 0 spiro atoms. The second-order valence-electron chi connectivity index (χ2n) is 5.52. The number of nitrogens with zero attached hydrogens (tertiary/aromatic N) is 4. The monoisotopic (exact) mass is 296 g/mol. The van der Waals surface area contributed by atoms with E-state index in [1.807, 2.05) is 7.05 Å². The van der Waals surface area contributed by atoms with Crippen LogP contribution in [0.2, 0.25) is 5.15 Å². The average Bonchev–Trinajstić information content (AvgIpc) is 2.46. The van der Waals surface area contributed by atoms with Crippen LogP contribution in [0.25, 0.3) is 0 Å². The Hall–Kier alpha value is -1.20. The SMILES string of the molecule is CC(C)N1CCC(N(C)C(=O)c2ccc(Cl)nn2)CC1. The maximum Gasteiger partial charge on any atom is 0.274 e. The number of rotatable bonds is 3. The fraction of sp³-hybridized carbons (Fsp3) is 0.643. The van der Waals surface area contributed by atoms with E-state index in [-0.39, 0.29) is 11.9 Å². The summed E-state index contributed by atoms with van der Waals surface area (Å²) < 4.78 is 0. The van der Waals surface area contributed by atoms with Gasteiger partial charge in [0.1, 0.15) is 0 Å². The van der Waals surface area contributed by atoms with Gasteiger partial charge < -0.3 is 9.80 Å². The molecule has 2 heterocycles. The van der Waals surface area contributed by atoms with Crippen LogP contribution in [0.5, 0.6) is 0 Å². The quantitative estimate of drug-likeness (QED) is 0.857. The van der Waals surface area contributed by atoms with E-state index in [1.54, 1.807) is 17.0 Å². The van der Waals surface area contributed by atoms with Crippen molar-refractivity contribution in [1.82, 2.24) is 20.0 Å². The van der Waals surface area contributed by atoms with Gasteiger partial charge in [-0.25, -0.2) is 0 Å². The van der Waals surface area contributed by atoms with Crippen LogP contribution in [0, 0.1) is 0 Å². The highest BCUT2D eigenvalue weighted by molar-refractivity contribution is 6.29. The molecule has 0 N–H and O–H groups in total. The summed E-state index contributed by atoms with van der Waals surface area (Å²) in [6.07, 6.45) is 2.00. The second kappa shape index (κ2) is 6.50. The zero-order valence-corrected chi connectivity index (χ0v) is 13.0.